The molecule has 122 valence electrons. The highest BCUT2D eigenvalue weighted by atomic mass is 35.5. The average molecular weight is 324 g/mol. The molecule has 0 unspecified atom stereocenters. The molecule has 1 amide bonds. The first kappa shape index (κ1) is 19.7. The van der Waals surface area contributed by atoms with Crippen molar-refractivity contribution in [2.75, 3.05) is 32.3 Å². The van der Waals surface area contributed by atoms with Crippen LogP contribution in [0.3, 0.4) is 0 Å². The number of rotatable bonds is 10. The second kappa shape index (κ2) is 10.4. The molecule has 0 atom stereocenters. The molecule has 0 saturated heterocycles. The number of amides is 1. The monoisotopic (exact) mass is 323 g/mol. The minimum atomic E-state index is -1.90. The quantitative estimate of drug-likeness (QED) is 0.274. The first-order valence-electron chi connectivity index (χ1n) is 6.71. The van der Waals surface area contributed by atoms with Crippen molar-refractivity contribution in [1.29, 1.82) is 0 Å². The molecule has 0 radical (unpaired) electrons. The Bertz CT molecular complexity index is 343. The van der Waals surface area contributed by atoms with Gasteiger partial charge in [0.05, 0.1) is 26.4 Å². The van der Waals surface area contributed by atoms with Crippen molar-refractivity contribution in [3.8, 4) is 0 Å². The van der Waals surface area contributed by atoms with Gasteiger partial charge in [-0.25, -0.2) is 9.59 Å². The van der Waals surface area contributed by atoms with Crippen LogP contribution in [0.5, 0.6) is 0 Å². The van der Waals surface area contributed by atoms with Gasteiger partial charge < -0.3 is 19.5 Å². The number of nitrogens with one attached hydrogen (secondary N) is 1. The molecule has 7 nitrogen and oxygen atoms in total. The molecule has 0 aliphatic heterocycles. The summed E-state index contributed by atoms with van der Waals surface area (Å²) in [5, 5.41) is 2.34. The highest BCUT2D eigenvalue weighted by Gasteiger charge is 2.49. The fraction of sp³-hybridized carbons (Fsp3) is 0.769. The molecule has 0 rings (SSSR count). The number of carbonyl (C=O) groups excluding carboxylic acids is 3. The summed E-state index contributed by atoms with van der Waals surface area (Å²) in [7, 11) is 0. The van der Waals surface area contributed by atoms with Crippen molar-refractivity contribution in [3.63, 3.8) is 0 Å². The Morgan fingerprint density at radius 1 is 1.05 bits per heavy atom. The Morgan fingerprint density at radius 3 is 1.95 bits per heavy atom. The predicted molar refractivity (Wildman–Crippen MR) is 76.0 cm³/mol. The molecular weight excluding hydrogens is 302 g/mol. The molecule has 1 N–H and O–H groups in total. The van der Waals surface area contributed by atoms with Crippen molar-refractivity contribution in [3.05, 3.63) is 0 Å². The molecule has 21 heavy (non-hydrogen) atoms. The Morgan fingerprint density at radius 2 is 1.57 bits per heavy atom. The van der Waals surface area contributed by atoms with Gasteiger partial charge in [0.25, 0.3) is 0 Å². The van der Waals surface area contributed by atoms with E-state index in [1.54, 1.807) is 13.8 Å². The average Bonchev–Trinajstić information content (AvgIpc) is 2.42. The number of halogens is 1. The molecule has 0 aromatic rings. The third-order valence-electron chi connectivity index (χ3n) is 2.48. The molecule has 0 heterocycles. The lowest BCUT2D eigenvalue weighted by Gasteiger charge is -2.29. The van der Waals surface area contributed by atoms with E-state index >= 15 is 0 Å². The molecule has 0 bridgehead atoms. The summed E-state index contributed by atoms with van der Waals surface area (Å²) in [5.41, 5.74) is -1.90. The number of hydrogen-bond donors (Lipinski definition) is 1. The standard InChI is InChI=1S/C13H22ClNO6/c1-4-20-11(17)13(15-10(3)16,12(18)21-5-2)6-8-19-9-7-14/h4-9H2,1-3H3,(H,15,16). The van der Waals surface area contributed by atoms with Gasteiger partial charge in [0.2, 0.25) is 11.4 Å². The molecule has 0 aromatic carbocycles. The van der Waals surface area contributed by atoms with Gasteiger partial charge in [-0.15, -0.1) is 11.6 Å². The second-order valence-corrected chi connectivity index (χ2v) is 4.46. The number of esters is 2. The maximum atomic E-state index is 12.2. The Labute approximate surface area is 129 Å². The lowest BCUT2D eigenvalue weighted by molar-refractivity contribution is -0.169. The number of hydrogen-bond acceptors (Lipinski definition) is 6. The van der Waals surface area contributed by atoms with Crippen molar-refractivity contribution in [2.24, 2.45) is 0 Å². The summed E-state index contributed by atoms with van der Waals surface area (Å²) < 4.78 is 15.0. The third-order valence-corrected chi connectivity index (χ3v) is 2.63. The first-order valence-corrected chi connectivity index (χ1v) is 7.24. The van der Waals surface area contributed by atoms with Gasteiger partial charge >= 0.3 is 11.9 Å². The molecule has 0 fully saturated rings. The fourth-order valence-electron chi connectivity index (χ4n) is 1.64. The highest BCUT2D eigenvalue weighted by molar-refractivity contribution is 6.17. The van der Waals surface area contributed by atoms with Gasteiger partial charge in [0.15, 0.2) is 0 Å². The van der Waals surface area contributed by atoms with E-state index in [4.69, 9.17) is 25.8 Å². The van der Waals surface area contributed by atoms with Crippen LogP contribution in [0.4, 0.5) is 0 Å². The second-order valence-electron chi connectivity index (χ2n) is 4.08. The maximum absolute atomic E-state index is 12.2. The largest absolute Gasteiger partial charge is 0.464 e. The van der Waals surface area contributed by atoms with Gasteiger partial charge in [-0.2, -0.15) is 0 Å². The summed E-state index contributed by atoms with van der Waals surface area (Å²) in [6.07, 6.45) is -0.0961. The topological polar surface area (TPSA) is 90.9 Å². The molecular formula is C13H22ClNO6. The first-order chi connectivity index (χ1) is 9.94. The molecule has 0 aliphatic rings. The fourth-order valence-corrected chi connectivity index (χ4v) is 1.75. The van der Waals surface area contributed by atoms with E-state index < -0.39 is 23.4 Å². The van der Waals surface area contributed by atoms with Gasteiger partial charge in [0.1, 0.15) is 0 Å². The highest BCUT2D eigenvalue weighted by Crippen LogP contribution is 2.17. The Kier molecular flexibility index (Phi) is 9.73. The predicted octanol–water partition coefficient (Wildman–Crippen LogP) is 0.633. The molecule has 0 aliphatic carbocycles. The van der Waals surface area contributed by atoms with E-state index in [1.807, 2.05) is 0 Å². The number of carbonyl (C=O) groups is 3. The van der Waals surface area contributed by atoms with Crippen molar-refractivity contribution in [1.82, 2.24) is 5.32 Å². The van der Waals surface area contributed by atoms with Gasteiger partial charge in [-0.1, -0.05) is 0 Å². The number of ether oxygens (including phenoxy) is 3. The molecule has 8 heteroatoms. The minimum absolute atomic E-state index is 0.0463. The van der Waals surface area contributed by atoms with Gasteiger partial charge in [-0.3, -0.25) is 4.79 Å². The lowest BCUT2D eigenvalue weighted by atomic mass is 9.95. The van der Waals surface area contributed by atoms with Crippen LogP contribution in [-0.2, 0) is 28.6 Å². The zero-order chi connectivity index (χ0) is 16.3. The normalized spacial score (nSPS) is 10.9. The van der Waals surface area contributed by atoms with Crippen LogP contribution in [0.2, 0.25) is 0 Å². The SMILES string of the molecule is CCOC(=O)C(CCOCCCl)(NC(C)=O)C(=O)OCC. The summed E-state index contributed by atoms with van der Waals surface area (Å²) >= 11 is 5.48. The summed E-state index contributed by atoms with van der Waals surface area (Å²) in [6, 6.07) is 0. The smallest absolute Gasteiger partial charge is 0.343 e. The van der Waals surface area contributed by atoms with Gasteiger partial charge in [0, 0.05) is 19.2 Å². The van der Waals surface area contributed by atoms with E-state index in [1.165, 1.54) is 6.92 Å². The Hall–Kier alpha value is -1.34. The lowest BCUT2D eigenvalue weighted by Crippen LogP contribution is -2.61. The van der Waals surface area contributed by atoms with E-state index in [-0.39, 0.29) is 38.7 Å². The van der Waals surface area contributed by atoms with Crippen molar-refractivity contribution < 1.29 is 28.6 Å². The summed E-state index contributed by atoms with van der Waals surface area (Å²) in [6.45, 7) is 4.86. The summed E-state index contributed by atoms with van der Waals surface area (Å²) in [5.74, 6) is -2.00. The van der Waals surface area contributed by atoms with E-state index in [2.05, 4.69) is 5.32 Å². The zero-order valence-corrected chi connectivity index (χ0v) is 13.3. The Balaban J connectivity index is 5.23. The maximum Gasteiger partial charge on any atom is 0.343 e. The van der Waals surface area contributed by atoms with Crippen molar-refractivity contribution >= 4 is 29.4 Å². The van der Waals surface area contributed by atoms with Crippen LogP contribution in [0.15, 0.2) is 0 Å². The molecule has 0 spiro atoms. The van der Waals surface area contributed by atoms with Crippen LogP contribution in [0, 0.1) is 0 Å². The van der Waals surface area contributed by atoms with Crippen LogP contribution in [-0.4, -0.2) is 55.7 Å². The minimum Gasteiger partial charge on any atom is -0.464 e. The van der Waals surface area contributed by atoms with Crippen LogP contribution in [0.1, 0.15) is 27.2 Å². The van der Waals surface area contributed by atoms with E-state index in [0.29, 0.717) is 0 Å². The van der Waals surface area contributed by atoms with Crippen LogP contribution >= 0.6 is 11.6 Å². The molecule has 0 aromatic heterocycles. The van der Waals surface area contributed by atoms with Crippen molar-refractivity contribution in [2.45, 2.75) is 32.7 Å². The van der Waals surface area contributed by atoms with E-state index in [0.717, 1.165) is 0 Å². The number of alkyl halides is 1. The van der Waals surface area contributed by atoms with E-state index in [9.17, 15) is 14.4 Å². The zero-order valence-electron chi connectivity index (χ0n) is 12.6. The molecule has 0 saturated carbocycles. The van der Waals surface area contributed by atoms with Crippen LogP contribution < -0.4 is 5.32 Å². The summed E-state index contributed by atoms with van der Waals surface area (Å²) in [4.78, 5) is 35.7. The van der Waals surface area contributed by atoms with Crippen LogP contribution in [0.25, 0.3) is 0 Å². The van der Waals surface area contributed by atoms with Gasteiger partial charge in [-0.05, 0) is 13.8 Å². The third kappa shape index (κ3) is 6.31.